The third kappa shape index (κ3) is 7.65. The predicted molar refractivity (Wildman–Crippen MR) is 88.5 cm³/mol. The molecule has 1 aromatic carbocycles. The van der Waals surface area contributed by atoms with Crippen molar-refractivity contribution in [3.05, 3.63) is 29.8 Å². The van der Waals surface area contributed by atoms with E-state index in [2.05, 4.69) is 5.32 Å². The van der Waals surface area contributed by atoms with Gasteiger partial charge in [-0.2, -0.15) is 0 Å². The molecule has 0 aliphatic heterocycles. The summed E-state index contributed by atoms with van der Waals surface area (Å²) in [5.74, 6) is 0.716. The van der Waals surface area contributed by atoms with Gasteiger partial charge in [0.15, 0.2) is 0 Å². The lowest BCUT2D eigenvalue weighted by Gasteiger charge is -2.20. The Hall–Kier alpha value is -2.08. The fourth-order valence-corrected chi connectivity index (χ4v) is 2.09. The van der Waals surface area contributed by atoms with Crippen LogP contribution in [0.2, 0.25) is 0 Å². The topological polar surface area (TPSA) is 67.9 Å². The normalized spacial score (nSPS) is 10.2. The lowest BCUT2D eigenvalue weighted by atomic mass is 10.1. The maximum absolute atomic E-state index is 11.8. The van der Waals surface area contributed by atoms with E-state index in [0.717, 1.165) is 17.7 Å². The van der Waals surface area contributed by atoms with Crippen LogP contribution in [0.1, 0.15) is 18.9 Å². The molecule has 0 fully saturated rings. The first kappa shape index (κ1) is 19.0. The summed E-state index contributed by atoms with van der Waals surface area (Å²) in [6.45, 7) is 3.46. The molecule has 2 amide bonds. The zero-order chi connectivity index (χ0) is 17.1. The minimum absolute atomic E-state index is 0.0481. The molecular formula is C17H26N2O4. The van der Waals surface area contributed by atoms with Crippen LogP contribution >= 0.6 is 0 Å². The van der Waals surface area contributed by atoms with Crippen LogP contribution in [0.5, 0.6) is 5.75 Å². The van der Waals surface area contributed by atoms with Crippen LogP contribution in [0.25, 0.3) is 0 Å². The molecule has 0 saturated heterocycles. The summed E-state index contributed by atoms with van der Waals surface area (Å²) >= 11 is 0. The quantitative estimate of drug-likeness (QED) is 0.704. The third-order valence-electron chi connectivity index (χ3n) is 3.51. The Morgan fingerprint density at radius 1 is 1.13 bits per heavy atom. The van der Waals surface area contributed by atoms with Crippen LogP contribution in [-0.2, 0) is 20.7 Å². The molecule has 0 aliphatic rings. The zero-order valence-corrected chi connectivity index (χ0v) is 14.1. The Morgan fingerprint density at radius 3 is 2.39 bits per heavy atom. The Bertz CT molecular complexity index is 488. The van der Waals surface area contributed by atoms with Gasteiger partial charge in [0.2, 0.25) is 11.8 Å². The highest BCUT2D eigenvalue weighted by molar-refractivity contribution is 5.78. The van der Waals surface area contributed by atoms with E-state index in [1.54, 1.807) is 19.1 Å². The van der Waals surface area contributed by atoms with Crippen LogP contribution in [0, 0.1) is 0 Å². The number of benzene rings is 1. The van der Waals surface area contributed by atoms with Gasteiger partial charge in [0.1, 0.15) is 5.75 Å². The summed E-state index contributed by atoms with van der Waals surface area (Å²) in [5.41, 5.74) is 1.14. The Balaban J connectivity index is 2.26. The molecule has 0 bridgehead atoms. The van der Waals surface area contributed by atoms with Crippen molar-refractivity contribution in [2.75, 3.05) is 40.5 Å². The highest BCUT2D eigenvalue weighted by Gasteiger charge is 2.10. The van der Waals surface area contributed by atoms with Crippen LogP contribution < -0.4 is 10.1 Å². The smallest absolute Gasteiger partial charge is 0.221 e. The number of amides is 2. The van der Waals surface area contributed by atoms with Crippen molar-refractivity contribution >= 4 is 11.8 Å². The first-order valence-electron chi connectivity index (χ1n) is 7.71. The number of carbonyl (C=O) groups is 2. The molecule has 1 rings (SSSR count). The fourth-order valence-electron chi connectivity index (χ4n) is 2.09. The van der Waals surface area contributed by atoms with Gasteiger partial charge >= 0.3 is 0 Å². The monoisotopic (exact) mass is 322 g/mol. The molecule has 0 spiro atoms. The highest BCUT2D eigenvalue weighted by Crippen LogP contribution is 2.11. The van der Waals surface area contributed by atoms with E-state index < -0.39 is 0 Å². The van der Waals surface area contributed by atoms with Gasteiger partial charge in [-0.15, -0.1) is 0 Å². The van der Waals surface area contributed by atoms with Crippen molar-refractivity contribution in [1.29, 1.82) is 0 Å². The molecule has 0 aromatic heterocycles. The standard InChI is InChI=1S/C17H26N2O4/c1-14(20)19(12-13-22-2)11-9-17(21)18-10-8-15-4-6-16(23-3)7-5-15/h4-7H,8-13H2,1-3H3,(H,18,21). The SMILES string of the molecule is COCCN(CCC(=O)NCCc1ccc(OC)cc1)C(C)=O. The fraction of sp³-hybridized carbons (Fsp3) is 0.529. The molecule has 23 heavy (non-hydrogen) atoms. The highest BCUT2D eigenvalue weighted by atomic mass is 16.5. The van der Waals surface area contributed by atoms with Gasteiger partial charge in [-0.1, -0.05) is 12.1 Å². The largest absolute Gasteiger partial charge is 0.497 e. The summed E-state index contributed by atoms with van der Waals surface area (Å²) in [5, 5.41) is 2.87. The maximum atomic E-state index is 11.8. The van der Waals surface area contributed by atoms with Crippen molar-refractivity contribution in [3.63, 3.8) is 0 Å². The molecule has 0 radical (unpaired) electrons. The number of ether oxygens (including phenoxy) is 2. The lowest BCUT2D eigenvalue weighted by molar-refractivity contribution is -0.130. The van der Waals surface area contributed by atoms with E-state index in [-0.39, 0.29) is 11.8 Å². The van der Waals surface area contributed by atoms with Crippen LogP contribution in [0.15, 0.2) is 24.3 Å². The molecule has 6 heteroatoms. The Labute approximate surface area is 137 Å². The van der Waals surface area contributed by atoms with Gasteiger partial charge in [0, 0.05) is 40.1 Å². The summed E-state index contributed by atoms with van der Waals surface area (Å²) in [6.07, 6.45) is 1.06. The number of methoxy groups -OCH3 is 2. The Morgan fingerprint density at radius 2 is 1.83 bits per heavy atom. The molecular weight excluding hydrogens is 296 g/mol. The van der Waals surface area contributed by atoms with Gasteiger partial charge in [0.05, 0.1) is 13.7 Å². The van der Waals surface area contributed by atoms with Gasteiger partial charge in [0.25, 0.3) is 0 Å². The Kier molecular flexibility index (Phi) is 8.75. The predicted octanol–water partition coefficient (Wildman–Crippen LogP) is 1.24. The van der Waals surface area contributed by atoms with E-state index in [1.807, 2.05) is 24.3 Å². The molecule has 1 N–H and O–H groups in total. The first-order chi connectivity index (χ1) is 11.1. The van der Waals surface area contributed by atoms with Gasteiger partial charge in [-0.3, -0.25) is 9.59 Å². The van der Waals surface area contributed by atoms with Crippen molar-refractivity contribution in [3.8, 4) is 5.75 Å². The summed E-state index contributed by atoms with van der Waals surface area (Å²) in [6, 6.07) is 7.76. The molecule has 0 heterocycles. The average molecular weight is 322 g/mol. The van der Waals surface area contributed by atoms with Crippen molar-refractivity contribution < 1.29 is 19.1 Å². The third-order valence-corrected chi connectivity index (χ3v) is 3.51. The number of rotatable bonds is 10. The van der Waals surface area contributed by atoms with E-state index >= 15 is 0 Å². The molecule has 1 aromatic rings. The van der Waals surface area contributed by atoms with E-state index in [0.29, 0.717) is 32.7 Å². The molecule has 0 saturated carbocycles. The summed E-state index contributed by atoms with van der Waals surface area (Å²) in [7, 11) is 3.22. The average Bonchev–Trinajstić information content (AvgIpc) is 2.55. The van der Waals surface area contributed by atoms with E-state index in [4.69, 9.17) is 9.47 Å². The van der Waals surface area contributed by atoms with Crippen molar-refractivity contribution in [2.24, 2.45) is 0 Å². The van der Waals surface area contributed by atoms with Crippen LogP contribution in [0.3, 0.4) is 0 Å². The second-order valence-corrected chi connectivity index (χ2v) is 5.20. The molecule has 0 aliphatic carbocycles. The zero-order valence-electron chi connectivity index (χ0n) is 14.1. The summed E-state index contributed by atoms with van der Waals surface area (Å²) < 4.78 is 10.1. The van der Waals surface area contributed by atoms with Gasteiger partial charge in [-0.25, -0.2) is 0 Å². The molecule has 6 nitrogen and oxygen atoms in total. The van der Waals surface area contributed by atoms with Crippen LogP contribution in [0.4, 0.5) is 0 Å². The molecule has 128 valence electrons. The lowest BCUT2D eigenvalue weighted by Crippen LogP contribution is -2.36. The minimum atomic E-state index is -0.0535. The molecule has 0 atom stereocenters. The second kappa shape index (κ2) is 10.6. The summed E-state index contributed by atoms with van der Waals surface area (Å²) in [4.78, 5) is 24.9. The number of hydrogen-bond acceptors (Lipinski definition) is 4. The second-order valence-electron chi connectivity index (χ2n) is 5.20. The number of nitrogens with one attached hydrogen (secondary N) is 1. The van der Waals surface area contributed by atoms with Crippen LogP contribution in [-0.4, -0.2) is 57.2 Å². The molecule has 0 unspecified atom stereocenters. The number of nitrogens with zero attached hydrogens (tertiary/aromatic N) is 1. The minimum Gasteiger partial charge on any atom is -0.497 e. The van der Waals surface area contributed by atoms with E-state index in [1.165, 1.54) is 6.92 Å². The number of hydrogen-bond donors (Lipinski definition) is 1. The van der Waals surface area contributed by atoms with Crippen molar-refractivity contribution in [1.82, 2.24) is 10.2 Å². The maximum Gasteiger partial charge on any atom is 0.221 e. The first-order valence-corrected chi connectivity index (χ1v) is 7.71. The van der Waals surface area contributed by atoms with Gasteiger partial charge in [-0.05, 0) is 24.1 Å². The van der Waals surface area contributed by atoms with Gasteiger partial charge < -0.3 is 19.7 Å². The van der Waals surface area contributed by atoms with E-state index in [9.17, 15) is 9.59 Å². The number of carbonyl (C=O) groups excluding carboxylic acids is 2. The van der Waals surface area contributed by atoms with Crippen molar-refractivity contribution in [2.45, 2.75) is 19.8 Å².